The number of alkyl halides is 2. The van der Waals surface area contributed by atoms with Crippen molar-refractivity contribution in [3.63, 3.8) is 0 Å². The first kappa shape index (κ1) is 20.3. The van der Waals surface area contributed by atoms with Gasteiger partial charge in [0.05, 0.1) is 16.7 Å². The molecule has 0 aliphatic rings. The first-order valence-corrected chi connectivity index (χ1v) is 10.9. The number of fused-ring (bicyclic) bond motifs is 1. The van der Waals surface area contributed by atoms with Gasteiger partial charge in [-0.3, -0.25) is 4.98 Å². The summed E-state index contributed by atoms with van der Waals surface area (Å²) in [4.78, 5) is 13.5. The summed E-state index contributed by atoms with van der Waals surface area (Å²) in [7, 11) is 1.90. The Balaban J connectivity index is 1.49. The number of nitrogens with one attached hydrogen (secondary N) is 1. The lowest BCUT2D eigenvalue weighted by Crippen LogP contribution is -1.95. The Morgan fingerprint density at radius 3 is 2.66 bits per heavy atom. The number of anilines is 2. The lowest BCUT2D eigenvalue weighted by molar-refractivity contribution is 0.151. The molecule has 3 aromatic heterocycles. The maximum absolute atomic E-state index is 13.1. The van der Waals surface area contributed by atoms with Crippen LogP contribution in [0.15, 0.2) is 66.3 Å². The number of hydrogen-bond donors (Lipinski definition) is 1. The van der Waals surface area contributed by atoms with Gasteiger partial charge in [0.15, 0.2) is 5.13 Å². The largest absolute Gasteiger partial charge is 0.331 e. The zero-order valence-corrected chi connectivity index (χ0v) is 18.2. The summed E-state index contributed by atoms with van der Waals surface area (Å²) in [6.45, 7) is 2.02. The lowest BCUT2D eigenvalue weighted by atomic mass is 10.1. The van der Waals surface area contributed by atoms with Gasteiger partial charge in [-0.1, -0.05) is 18.2 Å². The molecule has 1 N–H and O–H groups in total. The third-order valence-electron chi connectivity index (χ3n) is 5.33. The van der Waals surface area contributed by atoms with Crippen molar-refractivity contribution in [3.05, 3.63) is 77.4 Å². The molecule has 8 heteroatoms. The Bertz CT molecular complexity index is 1410. The number of pyridine rings is 1. The first-order valence-electron chi connectivity index (χ1n) is 9.98. The highest BCUT2D eigenvalue weighted by Crippen LogP contribution is 2.32. The zero-order valence-electron chi connectivity index (χ0n) is 17.4. The lowest BCUT2D eigenvalue weighted by Gasteiger charge is -2.08. The van der Waals surface area contributed by atoms with E-state index in [0.717, 1.165) is 38.7 Å². The van der Waals surface area contributed by atoms with Crippen molar-refractivity contribution >= 4 is 33.2 Å². The van der Waals surface area contributed by atoms with Crippen molar-refractivity contribution in [2.45, 2.75) is 13.3 Å². The smallest absolute Gasteiger partial charge is 0.263 e. The van der Waals surface area contributed by atoms with Gasteiger partial charge in [-0.15, -0.1) is 11.3 Å². The number of aromatic nitrogens is 4. The summed E-state index contributed by atoms with van der Waals surface area (Å²) in [6.07, 6.45) is 1.00. The number of halogens is 2. The van der Waals surface area contributed by atoms with Crippen molar-refractivity contribution in [2.24, 2.45) is 7.05 Å². The minimum absolute atomic E-state index is 0.0127. The third kappa shape index (κ3) is 3.73. The predicted molar refractivity (Wildman–Crippen MR) is 124 cm³/mol. The van der Waals surface area contributed by atoms with E-state index in [-0.39, 0.29) is 5.56 Å². The quantitative estimate of drug-likeness (QED) is 0.324. The second kappa shape index (κ2) is 8.12. The molecule has 5 nitrogen and oxygen atoms in total. The molecule has 0 unspecified atom stereocenters. The molecule has 0 spiro atoms. The van der Waals surface area contributed by atoms with E-state index in [2.05, 4.69) is 15.3 Å². The fourth-order valence-corrected chi connectivity index (χ4v) is 4.37. The van der Waals surface area contributed by atoms with Gasteiger partial charge in [0.2, 0.25) is 0 Å². The van der Waals surface area contributed by atoms with E-state index in [4.69, 9.17) is 4.98 Å². The molecule has 0 fully saturated rings. The molecular formula is C24H19F2N5S. The van der Waals surface area contributed by atoms with Gasteiger partial charge in [0.25, 0.3) is 6.43 Å². The minimum Gasteiger partial charge on any atom is -0.331 e. The van der Waals surface area contributed by atoms with Crippen molar-refractivity contribution in [1.82, 2.24) is 19.5 Å². The van der Waals surface area contributed by atoms with Crippen LogP contribution in [0.2, 0.25) is 0 Å². The Kier molecular flexibility index (Phi) is 5.14. The summed E-state index contributed by atoms with van der Waals surface area (Å²) in [5.74, 6) is 0.646. The van der Waals surface area contributed by atoms with Gasteiger partial charge < -0.3 is 9.88 Å². The van der Waals surface area contributed by atoms with E-state index in [1.54, 1.807) is 24.5 Å². The molecule has 160 valence electrons. The van der Waals surface area contributed by atoms with Gasteiger partial charge >= 0.3 is 0 Å². The monoisotopic (exact) mass is 447 g/mol. The van der Waals surface area contributed by atoms with Gasteiger partial charge in [-0.2, -0.15) is 0 Å². The average molecular weight is 448 g/mol. The third-order valence-corrected chi connectivity index (χ3v) is 6.08. The maximum atomic E-state index is 13.1. The van der Waals surface area contributed by atoms with Crippen LogP contribution in [0.5, 0.6) is 0 Å². The molecule has 2 aromatic carbocycles. The SMILES string of the molecule is Cc1cc2c(cc1Nc1nc(-c3cccnc3)cs1)nc(-c1cccc(C(F)F)c1)n2C. The summed E-state index contributed by atoms with van der Waals surface area (Å²) in [6, 6.07) is 14.2. The molecule has 0 saturated heterocycles. The highest BCUT2D eigenvalue weighted by Gasteiger charge is 2.15. The second-order valence-electron chi connectivity index (χ2n) is 7.48. The normalized spacial score (nSPS) is 11.4. The number of imidazole rings is 1. The van der Waals surface area contributed by atoms with Crippen molar-refractivity contribution in [3.8, 4) is 22.6 Å². The van der Waals surface area contributed by atoms with Crippen molar-refractivity contribution in [2.75, 3.05) is 5.32 Å². The van der Waals surface area contributed by atoms with Gasteiger partial charge in [0, 0.05) is 47.2 Å². The molecule has 0 radical (unpaired) electrons. The molecule has 5 aromatic rings. The number of hydrogen-bond acceptors (Lipinski definition) is 5. The topological polar surface area (TPSA) is 55.6 Å². The molecule has 0 amide bonds. The predicted octanol–water partition coefficient (Wildman–Crippen LogP) is 6.75. The molecule has 0 bridgehead atoms. The molecule has 0 atom stereocenters. The van der Waals surface area contributed by atoms with Gasteiger partial charge in [-0.05, 0) is 42.8 Å². The molecular weight excluding hydrogens is 428 g/mol. The van der Waals surface area contributed by atoms with Crippen LogP contribution in [-0.2, 0) is 7.05 Å². The zero-order chi connectivity index (χ0) is 22.2. The fourth-order valence-electron chi connectivity index (χ4n) is 3.64. The maximum Gasteiger partial charge on any atom is 0.263 e. The molecule has 0 aliphatic heterocycles. The molecule has 0 saturated carbocycles. The highest BCUT2D eigenvalue weighted by molar-refractivity contribution is 7.14. The minimum atomic E-state index is -2.52. The van der Waals surface area contributed by atoms with E-state index in [9.17, 15) is 8.78 Å². The fraction of sp³-hybridized carbons (Fsp3) is 0.125. The Morgan fingerprint density at radius 2 is 1.88 bits per heavy atom. The van der Waals surface area contributed by atoms with E-state index < -0.39 is 6.43 Å². The summed E-state index contributed by atoms with van der Waals surface area (Å²) in [5.41, 5.74) is 6.12. The summed E-state index contributed by atoms with van der Waals surface area (Å²) in [5, 5.41) is 6.14. The van der Waals surface area contributed by atoms with Crippen LogP contribution in [0.1, 0.15) is 17.6 Å². The van der Waals surface area contributed by atoms with E-state index in [1.165, 1.54) is 23.5 Å². The van der Waals surface area contributed by atoms with Gasteiger partial charge in [0.1, 0.15) is 5.82 Å². The summed E-state index contributed by atoms with van der Waals surface area (Å²) >= 11 is 1.52. The van der Waals surface area contributed by atoms with Gasteiger partial charge in [-0.25, -0.2) is 18.7 Å². The van der Waals surface area contributed by atoms with Crippen LogP contribution < -0.4 is 5.32 Å². The second-order valence-corrected chi connectivity index (χ2v) is 8.34. The Hall–Kier alpha value is -3.65. The van der Waals surface area contributed by atoms with Crippen LogP contribution in [0.3, 0.4) is 0 Å². The standard InChI is InChI=1S/C24H19F2N5S/c1-14-9-21-19(28-23(31(21)2)16-6-3-5-15(10-16)22(25)26)11-18(14)29-24-30-20(13-32-24)17-7-4-8-27-12-17/h3-13,22H,1-2H3,(H,29,30). The number of rotatable bonds is 5. The van der Waals surface area contributed by atoms with Crippen LogP contribution in [-0.4, -0.2) is 19.5 Å². The van der Waals surface area contributed by atoms with E-state index >= 15 is 0 Å². The van der Waals surface area contributed by atoms with E-state index in [1.807, 2.05) is 48.2 Å². The highest BCUT2D eigenvalue weighted by atomic mass is 32.1. The van der Waals surface area contributed by atoms with Crippen molar-refractivity contribution in [1.29, 1.82) is 0 Å². The van der Waals surface area contributed by atoms with Crippen molar-refractivity contribution < 1.29 is 8.78 Å². The Labute approximate surface area is 187 Å². The number of aryl methyl sites for hydroxylation is 2. The van der Waals surface area contributed by atoms with Crippen LogP contribution in [0.25, 0.3) is 33.7 Å². The van der Waals surface area contributed by atoms with E-state index in [0.29, 0.717) is 11.4 Å². The average Bonchev–Trinajstić information content (AvgIpc) is 3.40. The first-order chi connectivity index (χ1) is 15.5. The molecule has 5 rings (SSSR count). The van der Waals surface area contributed by atoms with Crippen LogP contribution in [0.4, 0.5) is 19.6 Å². The number of benzene rings is 2. The Morgan fingerprint density at radius 1 is 1.03 bits per heavy atom. The molecule has 3 heterocycles. The van der Waals surface area contributed by atoms with Crippen LogP contribution in [0, 0.1) is 6.92 Å². The summed E-state index contributed by atoms with van der Waals surface area (Å²) < 4.78 is 28.2. The van der Waals surface area contributed by atoms with Crippen LogP contribution >= 0.6 is 11.3 Å². The molecule has 0 aliphatic carbocycles. The number of thiazole rings is 1. The number of nitrogens with zero attached hydrogens (tertiary/aromatic N) is 4. The molecule has 32 heavy (non-hydrogen) atoms.